The highest BCUT2D eigenvalue weighted by Crippen LogP contribution is 2.43. The maximum atomic E-state index is 12.9. The maximum Gasteiger partial charge on any atom is 0.229 e. The molecule has 0 saturated carbocycles. The number of aliphatic hydroxyl groups is 6. The molecule has 11 atom stereocenters. The van der Waals surface area contributed by atoms with Crippen LogP contribution in [0, 0.1) is 0 Å². The Bertz CT molecular complexity index is 1240. The molecule has 2 fully saturated rings. The van der Waals surface area contributed by atoms with E-state index in [1.54, 1.807) is 12.1 Å². The van der Waals surface area contributed by atoms with Crippen molar-refractivity contribution in [3.63, 3.8) is 0 Å². The highest BCUT2D eigenvalue weighted by molar-refractivity contribution is 6.02. The number of phenols is 2. The number of phenolic OH excluding ortho intramolecular Hbond substituents is 2. The number of ether oxygens (including phenoxy) is 5. The minimum absolute atomic E-state index is 0.0149. The van der Waals surface area contributed by atoms with Crippen molar-refractivity contribution in [3.8, 4) is 23.0 Å². The molecule has 0 radical (unpaired) electrons. The zero-order valence-electron chi connectivity index (χ0n) is 21.8. The Balaban J connectivity index is 1.41. The predicted octanol–water partition coefficient (Wildman–Crippen LogP) is -1.17. The molecule has 0 amide bonds. The lowest BCUT2D eigenvalue weighted by Crippen LogP contribution is -2.64. The molecule has 41 heavy (non-hydrogen) atoms. The van der Waals surface area contributed by atoms with Crippen LogP contribution in [0.25, 0.3) is 0 Å². The van der Waals surface area contributed by atoms with Crippen molar-refractivity contribution in [2.75, 3.05) is 6.61 Å². The maximum absolute atomic E-state index is 12.9. The monoisotopic (exact) mass is 580 g/mol. The van der Waals surface area contributed by atoms with Crippen molar-refractivity contribution in [2.24, 2.45) is 0 Å². The first kappa shape index (κ1) is 29.4. The van der Waals surface area contributed by atoms with Gasteiger partial charge in [0.2, 0.25) is 6.29 Å². The van der Waals surface area contributed by atoms with E-state index in [-0.39, 0.29) is 29.2 Å². The Labute approximate surface area is 233 Å². The fourth-order valence-corrected chi connectivity index (χ4v) is 5.07. The summed E-state index contributed by atoms with van der Waals surface area (Å²) in [6.07, 6.45) is -16.0. The van der Waals surface area contributed by atoms with Gasteiger partial charge in [0.15, 0.2) is 18.2 Å². The van der Waals surface area contributed by atoms with Crippen LogP contribution in [-0.4, -0.2) is 115 Å². The summed E-state index contributed by atoms with van der Waals surface area (Å²) in [6, 6.07) is 8.50. The number of hydrogen-bond donors (Lipinski definition) is 8. The molecule has 14 heteroatoms. The van der Waals surface area contributed by atoms with Crippen LogP contribution in [0.5, 0.6) is 23.0 Å². The zero-order valence-corrected chi connectivity index (χ0v) is 21.8. The molecule has 3 aliphatic heterocycles. The molecule has 0 aliphatic carbocycles. The number of hydrogen-bond acceptors (Lipinski definition) is 14. The normalized spacial score (nSPS) is 37.2. The third-order valence-corrected chi connectivity index (χ3v) is 7.42. The van der Waals surface area contributed by atoms with Crippen LogP contribution in [0.15, 0.2) is 36.4 Å². The second kappa shape index (κ2) is 11.7. The number of ketones is 1. The van der Waals surface area contributed by atoms with Crippen molar-refractivity contribution >= 4 is 5.78 Å². The third kappa shape index (κ3) is 5.70. The third-order valence-electron chi connectivity index (χ3n) is 7.42. The topological polar surface area (TPSA) is 225 Å². The molecule has 2 aromatic rings. The molecule has 0 bridgehead atoms. The molecule has 0 aromatic heterocycles. The van der Waals surface area contributed by atoms with Crippen molar-refractivity contribution in [2.45, 2.75) is 80.9 Å². The molecular formula is C27H32O14. The van der Waals surface area contributed by atoms with E-state index < -0.39 is 85.7 Å². The van der Waals surface area contributed by atoms with E-state index in [1.165, 1.54) is 25.1 Å². The fraction of sp³-hybridized carbons (Fsp3) is 0.519. The number of carbonyl (C=O) groups excluding carboxylic acids is 1. The van der Waals surface area contributed by atoms with Gasteiger partial charge in [-0.25, -0.2) is 0 Å². The van der Waals surface area contributed by atoms with Crippen LogP contribution in [0.2, 0.25) is 0 Å². The van der Waals surface area contributed by atoms with Gasteiger partial charge in [-0.1, -0.05) is 12.1 Å². The Kier molecular flexibility index (Phi) is 8.39. The number of aromatic hydroxyl groups is 2. The van der Waals surface area contributed by atoms with Gasteiger partial charge in [-0.2, -0.15) is 0 Å². The summed E-state index contributed by atoms with van der Waals surface area (Å²) in [5, 5.41) is 81.6. The van der Waals surface area contributed by atoms with E-state index in [4.69, 9.17) is 23.7 Å². The highest BCUT2D eigenvalue weighted by atomic mass is 16.8. The molecule has 14 nitrogen and oxygen atoms in total. The van der Waals surface area contributed by atoms with Gasteiger partial charge in [-0.05, 0) is 24.6 Å². The molecule has 224 valence electrons. The quantitative estimate of drug-likeness (QED) is 0.202. The highest BCUT2D eigenvalue weighted by Gasteiger charge is 2.51. The minimum atomic E-state index is -1.75. The summed E-state index contributed by atoms with van der Waals surface area (Å²) in [4.78, 5) is 12.9. The molecule has 2 saturated heterocycles. The second-order valence-corrected chi connectivity index (χ2v) is 10.2. The van der Waals surface area contributed by atoms with E-state index >= 15 is 0 Å². The Hall–Kier alpha value is -3.05. The van der Waals surface area contributed by atoms with E-state index in [9.17, 15) is 45.6 Å². The first-order valence-corrected chi connectivity index (χ1v) is 13.0. The first-order chi connectivity index (χ1) is 19.5. The molecule has 8 N–H and O–H groups in total. The Morgan fingerprint density at radius 1 is 0.878 bits per heavy atom. The standard InChI is InChI=1S/C27H32O14/c1-10-20(32)22(34)24(36)26(37-10)41-25-23(35)21(33)18(9-28)40-27(25)38-13-6-14(30)19-15(31)8-16(39-17(19)7-13)11-2-4-12(29)5-3-11/h2-7,10,16,18,20-30,32-36H,8-9H2,1H3/t10-,16?,18?,20-,21+,22-,23+,24?,25?,26-,27+/m0/s1. The largest absolute Gasteiger partial charge is 0.508 e. The SMILES string of the molecule is C[C@@H]1O[C@@H](OC2[C@H](Oc3cc(O)c4c(c3)OC(c3ccc(O)cc3)CC4=O)OC(CO)[C@@H](O)[C@H]2O)C(O)[C@@H](O)[C@H]1O. The number of Topliss-reactive ketones (excluding diaryl/α,β-unsaturated/α-hetero) is 1. The van der Waals surface area contributed by atoms with Crippen LogP contribution in [0.4, 0.5) is 0 Å². The average molecular weight is 581 g/mol. The molecule has 0 spiro atoms. The lowest BCUT2D eigenvalue weighted by molar-refractivity contribution is -0.354. The zero-order chi connectivity index (χ0) is 29.6. The number of fused-ring (bicyclic) bond motifs is 1. The lowest BCUT2D eigenvalue weighted by atomic mass is 9.95. The Morgan fingerprint density at radius 2 is 1.59 bits per heavy atom. The number of rotatable bonds is 6. The van der Waals surface area contributed by atoms with Gasteiger partial charge in [0.05, 0.1) is 19.1 Å². The second-order valence-electron chi connectivity index (χ2n) is 10.2. The van der Waals surface area contributed by atoms with E-state index in [0.717, 1.165) is 6.07 Å². The van der Waals surface area contributed by atoms with Crippen molar-refractivity contribution < 1.29 is 69.3 Å². The van der Waals surface area contributed by atoms with Crippen molar-refractivity contribution in [1.82, 2.24) is 0 Å². The molecular weight excluding hydrogens is 548 g/mol. The molecule has 2 aromatic carbocycles. The average Bonchev–Trinajstić information content (AvgIpc) is 2.94. The number of aliphatic hydroxyl groups excluding tert-OH is 6. The molecule has 4 unspecified atom stereocenters. The summed E-state index contributed by atoms with van der Waals surface area (Å²) in [5.74, 6) is -0.947. The van der Waals surface area contributed by atoms with Gasteiger partial charge in [0.25, 0.3) is 0 Å². The van der Waals surface area contributed by atoms with E-state index in [2.05, 4.69) is 0 Å². The summed E-state index contributed by atoms with van der Waals surface area (Å²) in [7, 11) is 0. The Morgan fingerprint density at radius 3 is 2.27 bits per heavy atom. The van der Waals surface area contributed by atoms with E-state index in [0.29, 0.717) is 5.56 Å². The van der Waals surface area contributed by atoms with Gasteiger partial charge in [0, 0.05) is 12.1 Å². The molecule has 5 rings (SSSR count). The van der Waals surface area contributed by atoms with Crippen LogP contribution in [0.3, 0.4) is 0 Å². The van der Waals surface area contributed by atoms with Gasteiger partial charge < -0.3 is 64.5 Å². The predicted molar refractivity (Wildman–Crippen MR) is 134 cm³/mol. The lowest BCUT2D eigenvalue weighted by Gasteiger charge is -2.45. The van der Waals surface area contributed by atoms with E-state index in [1.807, 2.05) is 0 Å². The number of benzene rings is 2. The van der Waals surface area contributed by atoms with Crippen LogP contribution < -0.4 is 9.47 Å². The molecule has 3 heterocycles. The van der Waals surface area contributed by atoms with Crippen molar-refractivity contribution in [1.29, 1.82) is 0 Å². The summed E-state index contributed by atoms with van der Waals surface area (Å²) >= 11 is 0. The van der Waals surface area contributed by atoms with Crippen LogP contribution in [0.1, 0.15) is 35.4 Å². The van der Waals surface area contributed by atoms with Gasteiger partial charge >= 0.3 is 0 Å². The van der Waals surface area contributed by atoms with Gasteiger partial charge in [0.1, 0.15) is 71.3 Å². The van der Waals surface area contributed by atoms with Gasteiger partial charge in [-0.15, -0.1) is 0 Å². The minimum Gasteiger partial charge on any atom is -0.508 e. The van der Waals surface area contributed by atoms with Gasteiger partial charge in [-0.3, -0.25) is 4.79 Å². The first-order valence-electron chi connectivity index (χ1n) is 13.0. The molecule has 3 aliphatic rings. The summed E-state index contributed by atoms with van der Waals surface area (Å²) < 4.78 is 28.6. The summed E-state index contributed by atoms with van der Waals surface area (Å²) in [5.41, 5.74) is 0.529. The smallest absolute Gasteiger partial charge is 0.229 e. The summed E-state index contributed by atoms with van der Waals surface area (Å²) in [6.45, 7) is 0.716. The number of carbonyl (C=O) groups is 1. The van der Waals surface area contributed by atoms with Crippen LogP contribution in [-0.2, 0) is 14.2 Å². The fourth-order valence-electron chi connectivity index (χ4n) is 5.07. The van der Waals surface area contributed by atoms with Crippen molar-refractivity contribution in [3.05, 3.63) is 47.5 Å². The van der Waals surface area contributed by atoms with Crippen LogP contribution >= 0.6 is 0 Å².